The predicted molar refractivity (Wildman–Crippen MR) is 118 cm³/mol. The lowest BCUT2D eigenvalue weighted by atomic mass is 10.0. The van der Waals surface area contributed by atoms with Gasteiger partial charge in [0, 0.05) is 38.3 Å². The van der Waals surface area contributed by atoms with Crippen LogP contribution >= 0.6 is 0 Å². The minimum absolute atomic E-state index is 0.0103. The lowest BCUT2D eigenvalue weighted by molar-refractivity contribution is -0.119. The number of carbonyl (C=O) groups excluding carboxylic acids is 1. The molecule has 0 aliphatic heterocycles. The lowest BCUT2D eigenvalue weighted by Crippen LogP contribution is -2.38. The Morgan fingerprint density at radius 2 is 1.93 bits per heavy atom. The molecule has 3 N–H and O–H groups in total. The first-order valence-corrected chi connectivity index (χ1v) is 10.4. The molecular weight excluding hydrogens is 352 g/mol. The number of nitrogens with one attached hydrogen (secondary N) is 3. The van der Waals surface area contributed by atoms with Gasteiger partial charge < -0.3 is 20.7 Å². The number of ether oxygens (including phenoxy) is 1. The van der Waals surface area contributed by atoms with E-state index >= 15 is 0 Å². The minimum Gasteiger partial charge on any atom is -0.378 e. The van der Waals surface area contributed by atoms with Gasteiger partial charge >= 0.3 is 0 Å². The van der Waals surface area contributed by atoms with Crippen molar-refractivity contribution in [1.29, 1.82) is 0 Å². The molecule has 0 aliphatic carbocycles. The van der Waals surface area contributed by atoms with E-state index in [9.17, 15) is 4.79 Å². The number of guanidine groups is 1. The molecule has 0 bridgehead atoms. The molecule has 158 valence electrons. The van der Waals surface area contributed by atoms with Gasteiger partial charge in [-0.15, -0.1) is 0 Å². The average molecular weight is 391 g/mol. The molecule has 1 aromatic carbocycles. The summed E-state index contributed by atoms with van der Waals surface area (Å²) < 4.78 is 5.78. The van der Waals surface area contributed by atoms with Crippen molar-refractivity contribution in [2.45, 2.75) is 60.1 Å². The normalized spacial score (nSPS) is 13.9. The van der Waals surface area contributed by atoms with Crippen molar-refractivity contribution in [2.75, 3.05) is 25.5 Å². The van der Waals surface area contributed by atoms with Crippen molar-refractivity contribution in [3.63, 3.8) is 0 Å². The van der Waals surface area contributed by atoms with Gasteiger partial charge in [0.15, 0.2) is 5.96 Å². The summed E-state index contributed by atoms with van der Waals surface area (Å²) in [5, 5.41) is 9.64. The Morgan fingerprint density at radius 3 is 2.54 bits per heavy atom. The zero-order valence-corrected chi connectivity index (χ0v) is 18.3. The van der Waals surface area contributed by atoms with Gasteiger partial charge in [0.05, 0.1) is 6.10 Å². The molecule has 0 saturated heterocycles. The number of aliphatic imine (C=N–C) groups is 1. The minimum atomic E-state index is 0.0103. The number of benzene rings is 1. The standard InChI is InChI=1S/C22H38N4O2/c1-7-17(5)21(27)26-19-11-9-10-18(14-19)15-25-22(23-6)24-13-12-20(16(3)4)28-8-2/h9-11,14,16-17,20H,7-8,12-13,15H2,1-6H3,(H,26,27)(H2,23,24,25). The zero-order valence-electron chi connectivity index (χ0n) is 18.3. The van der Waals surface area contributed by atoms with Crippen LogP contribution in [0.3, 0.4) is 0 Å². The number of carbonyl (C=O) groups is 1. The van der Waals surface area contributed by atoms with E-state index in [0.29, 0.717) is 12.5 Å². The van der Waals surface area contributed by atoms with E-state index in [1.807, 2.05) is 45.0 Å². The second kappa shape index (κ2) is 13.2. The zero-order chi connectivity index (χ0) is 20.9. The topological polar surface area (TPSA) is 74.8 Å². The summed E-state index contributed by atoms with van der Waals surface area (Å²) in [6, 6.07) is 7.89. The van der Waals surface area contributed by atoms with Crippen LogP contribution in [0.5, 0.6) is 0 Å². The van der Waals surface area contributed by atoms with Gasteiger partial charge in [0.1, 0.15) is 0 Å². The summed E-state index contributed by atoms with van der Waals surface area (Å²) in [6.07, 6.45) is 2.01. The maximum absolute atomic E-state index is 12.1. The SMILES string of the molecule is CCOC(CCNC(=NC)NCc1cccc(NC(=O)C(C)CC)c1)C(C)C. The van der Waals surface area contributed by atoms with Crippen molar-refractivity contribution >= 4 is 17.6 Å². The Kier molecular flexibility index (Phi) is 11.3. The van der Waals surface area contributed by atoms with Gasteiger partial charge in [-0.25, -0.2) is 0 Å². The van der Waals surface area contributed by atoms with E-state index < -0.39 is 0 Å². The van der Waals surface area contributed by atoms with E-state index in [4.69, 9.17) is 4.74 Å². The maximum Gasteiger partial charge on any atom is 0.227 e. The first-order valence-electron chi connectivity index (χ1n) is 10.4. The number of rotatable bonds is 11. The van der Waals surface area contributed by atoms with Gasteiger partial charge in [-0.1, -0.05) is 39.8 Å². The van der Waals surface area contributed by atoms with Crippen LogP contribution in [-0.4, -0.2) is 38.2 Å². The predicted octanol–water partition coefficient (Wildman–Crippen LogP) is 3.79. The smallest absolute Gasteiger partial charge is 0.227 e. The monoisotopic (exact) mass is 390 g/mol. The van der Waals surface area contributed by atoms with Gasteiger partial charge in [0.25, 0.3) is 0 Å². The van der Waals surface area contributed by atoms with Crippen molar-refractivity contribution < 1.29 is 9.53 Å². The van der Waals surface area contributed by atoms with Crippen LogP contribution in [-0.2, 0) is 16.1 Å². The summed E-state index contributed by atoms with van der Waals surface area (Å²) in [7, 11) is 1.76. The first-order chi connectivity index (χ1) is 13.4. The fourth-order valence-electron chi connectivity index (χ4n) is 2.77. The van der Waals surface area contributed by atoms with Crippen LogP contribution in [0.4, 0.5) is 5.69 Å². The van der Waals surface area contributed by atoms with E-state index in [0.717, 1.165) is 43.2 Å². The van der Waals surface area contributed by atoms with Gasteiger partial charge in [0.2, 0.25) is 5.91 Å². The summed E-state index contributed by atoms with van der Waals surface area (Å²) >= 11 is 0. The first kappa shape index (κ1) is 24.0. The Morgan fingerprint density at radius 1 is 1.18 bits per heavy atom. The third-order valence-electron chi connectivity index (χ3n) is 4.78. The molecule has 2 atom stereocenters. The van der Waals surface area contributed by atoms with Crippen molar-refractivity contribution in [3.05, 3.63) is 29.8 Å². The second-order valence-electron chi connectivity index (χ2n) is 7.38. The highest BCUT2D eigenvalue weighted by atomic mass is 16.5. The molecule has 0 saturated carbocycles. The molecule has 0 aliphatic rings. The molecular formula is C22H38N4O2. The van der Waals surface area contributed by atoms with Gasteiger partial charge in [-0.3, -0.25) is 9.79 Å². The number of hydrogen-bond donors (Lipinski definition) is 3. The molecule has 1 rings (SSSR count). The molecule has 6 heteroatoms. The highest BCUT2D eigenvalue weighted by molar-refractivity contribution is 5.92. The highest BCUT2D eigenvalue weighted by Gasteiger charge is 2.13. The molecule has 0 heterocycles. The molecule has 0 radical (unpaired) electrons. The summed E-state index contributed by atoms with van der Waals surface area (Å²) in [5.74, 6) is 1.31. The number of nitrogens with zero attached hydrogens (tertiary/aromatic N) is 1. The lowest BCUT2D eigenvalue weighted by Gasteiger charge is -2.21. The van der Waals surface area contributed by atoms with E-state index in [1.165, 1.54) is 0 Å². The van der Waals surface area contributed by atoms with Crippen LogP contribution in [0.25, 0.3) is 0 Å². The Balaban J connectivity index is 2.51. The Labute approximate surface area is 170 Å². The highest BCUT2D eigenvalue weighted by Crippen LogP contribution is 2.13. The third kappa shape index (κ3) is 8.74. The fourth-order valence-corrected chi connectivity index (χ4v) is 2.77. The molecule has 28 heavy (non-hydrogen) atoms. The number of amides is 1. The van der Waals surface area contributed by atoms with Crippen molar-refractivity contribution in [1.82, 2.24) is 10.6 Å². The van der Waals surface area contributed by atoms with Crippen LogP contribution in [0.1, 0.15) is 53.0 Å². The molecule has 1 amide bonds. The van der Waals surface area contributed by atoms with E-state index in [1.54, 1.807) is 7.05 Å². The Bertz CT molecular complexity index is 616. The van der Waals surface area contributed by atoms with Crippen molar-refractivity contribution in [2.24, 2.45) is 16.8 Å². The molecule has 1 aromatic rings. The van der Waals surface area contributed by atoms with Gasteiger partial charge in [-0.05, 0) is 43.4 Å². The largest absolute Gasteiger partial charge is 0.378 e. The fraction of sp³-hybridized carbons (Fsp3) is 0.636. The summed E-state index contributed by atoms with van der Waals surface area (Å²) in [6.45, 7) is 12.5. The van der Waals surface area contributed by atoms with Crippen LogP contribution in [0.2, 0.25) is 0 Å². The number of anilines is 1. The molecule has 0 spiro atoms. The summed E-state index contributed by atoms with van der Waals surface area (Å²) in [4.78, 5) is 16.3. The molecule has 0 fully saturated rings. The second-order valence-corrected chi connectivity index (χ2v) is 7.38. The van der Waals surface area contributed by atoms with E-state index in [2.05, 4.69) is 34.8 Å². The van der Waals surface area contributed by atoms with Crippen LogP contribution < -0.4 is 16.0 Å². The van der Waals surface area contributed by atoms with Gasteiger partial charge in [-0.2, -0.15) is 0 Å². The van der Waals surface area contributed by atoms with Crippen LogP contribution in [0, 0.1) is 11.8 Å². The Hall–Kier alpha value is -2.08. The quantitative estimate of drug-likeness (QED) is 0.397. The molecule has 0 aromatic heterocycles. The molecule has 2 unspecified atom stereocenters. The van der Waals surface area contributed by atoms with Crippen molar-refractivity contribution in [3.8, 4) is 0 Å². The molecule has 6 nitrogen and oxygen atoms in total. The van der Waals surface area contributed by atoms with E-state index in [-0.39, 0.29) is 17.9 Å². The number of hydrogen-bond acceptors (Lipinski definition) is 3. The third-order valence-corrected chi connectivity index (χ3v) is 4.78. The summed E-state index contributed by atoms with van der Waals surface area (Å²) in [5.41, 5.74) is 1.91. The maximum atomic E-state index is 12.1. The van der Waals surface area contributed by atoms with Crippen LogP contribution in [0.15, 0.2) is 29.3 Å². The average Bonchev–Trinajstić information content (AvgIpc) is 2.69.